The van der Waals surface area contributed by atoms with E-state index in [-0.39, 0.29) is 24.7 Å². The van der Waals surface area contributed by atoms with E-state index in [0.717, 1.165) is 17.7 Å². The molecule has 0 aromatic carbocycles. The van der Waals surface area contributed by atoms with E-state index in [9.17, 15) is 9.59 Å². The van der Waals surface area contributed by atoms with Gasteiger partial charge in [0.15, 0.2) is 0 Å². The van der Waals surface area contributed by atoms with Gasteiger partial charge < -0.3 is 10.2 Å². The number of aryl methyl sites for hydroxylation is 1. The van der Waals surface area contributed by atoms with Gasteiger partial charge in [-0.05, 0) is 31.9 Å². The van der Waals surface area contributed by atoms with Crippen molar-refractivity contribution in [2.45, 2.75) is 58.0 Å². The summed E-state index contributed by atoms with van der Waals surface area (Å²) in [6, 6.07) is 4.43. The Balaban J connectivity index is 1.80. The molecule has 0 saturated heterocycles. The average Bonchev–Trinajstić information content (AvgIpc) is 3.16. The number of nitrogens with one attached hydrogen (secondary N) is 1. The maximum atomic E-state index is 12.4. The van der Waals surface area contributed by atoms with E-state index < -0.39 is 0 Å². The molecule has 0 aliphatic heterocycles. The third-order valence-electron chi connectivity index (χ3n) is 4.13. The zero-order chi connectivity index (χ0) is 16.7. The lowest BCUT2D eigenvalue weighted by molar-refractivity contribution is -0.133. The second-order valence-electron chi connectivity index (χ2n) is 6.12. The first-order valence-corrected chi connectivity index (χ1v) is 9.13. The highest BCUT2D eigenvalue weighted by Crippen LogP contribution is 2.19. The van der Waals surface area contributed by atoms with Crippen molar-refractivity contribution in [3.63, 3.8) is 0 Å². The van der Waals surface area contributed by atoms with Gasteiger partial charge in [-0.3, -0.25) is 9.59 Å². The summed E-state index contributed by atoms with van der Waals surface area (Å²) in [5.41, 5.74) is 0. The summed E-state index contributed by atoms with van der Waals surface area (Å²) in [7, 11) is 0. The molecule has 1 aromatic rings. The van der Waals surface area contributed by atoms with Crippen molar-refractivity contribution in [3.8, 4) is 0 Å². The van der Waals surface area contributed by atoms with Gasteiger partial charge in [0.05, 0.1) is 6.54 Å². The highest BCUT2D eigenvalue weighted by atomic mass is 32.1. The number of rotatable bonds is 8. The Kier molecular flexibility index (Phi) is 6.84. The predicted molar refractivity (Wildman–Crippen MR) is 94.3 cm³/mol. The summed E-state index contributed by atoms with van der Waals surface area (Å²) in [6.45, 7) is 6.89. The van der Waals surface area contributed by atoms with Crippen LogP contribution in [0.3, 0.4) is 0 Å². The zero-order valence-corrected chi connectivity index (χ0v) is 14.7. The van der Waals surface area contributed by atoms with Gasteiger partial charge in [0, 0.05) is 35.2 Å². The lowest BCUT2D eigenvalue weighted by atomic mass is 10.2. The van der Waals surface area contributed by atoms with Crippen LogP contribution in [0.2, 0.25) is 0 Å². The van der Waals surface area contributed by atoms with E-state index in [4.69, 9.17) is 0 Å². The minimum Gasteiger partial charge on any atom is -0.353 e. The van der Waals surface area contributed by atoms with E-state index in [0.29, 0.717) is 19.1 Å². The van der Waals surface area contributed by atoms with Crippen molar-refractivity contribution >= 4 is 23.2 Å². The molecule has 126 valence electrons. The minimum atomic E-state index is -0.00392. The molecule has 1 aromatic heterocycles. The van der Waals surface area contributed by atoms with Crippen LogP contribution in [0.15, 0.2) is 24.8 Å². The SMILES string of the molecule is C=CCN(Cc1ccc(C)s1)C(=O)CCC(=O)NC1CCCC1. The third kappa shape index (κ3) is 5.82. The number of carbonyl (C=O) groups is 2. The Morgan fingerprint density at radius 1 is 1.35 bits per heavy atom. The monoisotopic (exact) mass is 334 g/mol. The summed E-state index contributed by atoms with van der Waals surface area (Å²) in [4.78, 5) is 28.5. The molecular formula is C18H26N2O2S. The first-order valence-electron chi connectivity index (χ1n) is 8.32. The zero-order valence-electron chi connectivity index (χ0n) is 13.8. The van der Waals surface area contributed by atoms with Gasteiger partial charge >= 0.3 is 0 Å². The van der Waals surface area contributed by atoms with Crippen molar-refractivity contribution in [3.05, 3.63) is 34.5 Å². The third-order valence-corrected chi connectivity index (χ3v) is 5.12. The van der Waals surface area contributed by atoms with Crippen LogP contribution in [0, 0.1) is 6.92 Å². The summed E-state index contributed by atoms with van der Waals surface area (Å²) in [6.07, 6.45) is 6.79. The van der Waals surface area contributed by atoms with Crippen molar-refractivity contribution < 1.29 is 9.59 Å². The van der Waals surface area contributed by atoms with Crippen LogP contribution in [-0.4, -0.2) is 29.3 Å². The van der Waals surface area contributed by atoms with Gasteiger partial charge in [-0.2, -0.15) is 0 Å². The largest absolute Gasteiger partial charge is 0.353 e. The lowest BCUT2D eigenvalue weighted by Crippen LogP contribution is -2.35. The van der Waals surface area contributed by atoms with Gasteiger partial charge in [0.25, 0.3) is 0 Å². The Morgan fingerprint density at radius 2 is 2.09 bits per heavy atom. The second-order valence-corrected chi connectivity index (χ2v) is 7.50. The highest BCUT2D eigenvalue weighted by molar-refractivity contribution is 7.11. The number of carbonyl (C=O) groups excluding carboxylic acids is 2. The minimum absolute atomic E-state index is 0.00392. The van der Waals surface area contributed by atoms with Crippen molar-refractivity contribution in [2.75, 3.05) is 6.54 Å². The molecule has 1 aliphatic rings. The molecule has 0 atom stereocenters. The molecule has 0 radical (unpaired) electrons. The number of nitrogens with zero attached hydrogens (tertiary/aromatic N) is 1. The number of thiophene rings is 1. The summed E-state index contributed by atoms with van der Waals surface area (Å²) < 4.78 is 0. The van der Waals surface area contributed by atoms with E-state index in [1.54, 1.807) is 22.3 Å². The molecule has 1 heterocycles. The fourth-order valence-corrected chi connectivity index (χ4v) is 3.82. The smallest absolute Gasteiger partial charge is 0.223 e. The van der Waals surface area contributed by atoms with E-state index in [1.165, 1.54) is 17.7 Å². The number of hydrogen-bond acceptors (Lipinski definition) is 3. The Morgan fingerprint density at radius 3 is 2.70 bits per heavy atom. The van der Waals surface area contributed by atoms with Crippen LogP contribution >= 0.6 is 11.3 Å². The van der Waals surface area contributed by atoms with Crippen molar-refractivity contribution in [1.82, 2.24) is 10.2 Å². The predicted octanol–water partition coefficient (Wildman–Crippen LogP) is 3.41. The Bertz CT molecular complexity index is 547. The lowest BCUT2D eigenvalue weighted by Gasteiger charge is -2.20. The van der Waals surface area contributed by atoms with Crippen molar-refractivity contribution in [1.29, 1.82) is 0 Å². The van der Waals surface area contributed by atoms with Crippen LogP contribution in [0.5, 0.6) is 0 Å². The maximum absolute atomic E-state index is 12.4. The van der Waals surface area contributed by atoms with Crippen LogP contribution in [0.4, 0.5) is 0 Å². The normalized spacial score (nSPS) is 14.7. The fourth-order valence-electron chi connectivity index (χ4n) is 2.92. The van der Waals surface area contributed by atoms with Crippen LogP contribution in [-0.2, 0) is 16.1 Å². The molecule has 1 fully saturated rings. The topological polar surface area (TPSA) is 49.4 Å². The first kappa shape index (κ1) is 17.7. The summed E-state index contributed by atoms with van der Waals surface area (Å²) in [5.74, 6) is 0.00768. The molecule has 4 nitrogen and oxygen atoms in total. The van der Waals surface area contributed by atoms with Gasteiger partial charge in [-0.25, -0.2) is 0 Å². The highest BCUT2D eigenvalue weighted by Gasteiger charge is 2.19. The number of hydrogen-bond donors (Lipinski definition) is 1. The van der Waals surface area contributed by atoms with Gasteiger partial charge in [-0.1, -0.05) is 18.9 Å². The molecule has 23 heavy (non-hydrogen) atoms. The quantitative estimate of drug-likeness (QED) is 0.741. The molecule has 1 saturated carbocycles. The van der Waals surface area contributed by atoms with Crippen molar-refractivity contribution in [2.24, 2.45) is 0 Å². The molecule has 2 amide bonds. The fraction of sp³-hybridized carbons (Fsp3) is 0.556. The van der Waals surface area contributed by atoms with E-state index >= 15 is 0 Å². The van der Waals surface area contributed by atoms with E-state index in [2.05, 4.69) is 31.0 Å². The van der Waals surface area contributed by atoms with Gasteiger partial charge in [0.2, 0.25) is 11.8 Å². The maximum Gasteiger partial charge on any atom is 0.223 e. The van der Waals surface area contributed by atoms with Crippen LogP contribution in [0.1, 0.15) is 48.3 Å². The molecule has 0 unspecified atom stereocenters. The van der Waals surface area contributed by atoms with Gasteiger partial charge in [-0.15, -0.1) is 17.9 Å². The molecule has 0 bridgehead atoms. The van der Waals surface area contributed by atoms with Gasteiger partial charge in [0.1, 0.15) is 0 Å². The summed E-state index contributed by atoms with van der Waals surface area (Å²) >= 11 is 1.70. The Hall–Kier alpha value is -1.62. The average molecular weight is 334 g/mol. The molecule has 0 spiro atoms. The first-order chi connectivity index (χ1) is 11.1. The molecule has 1 aliphatic carbocycles. The van der Waals surface area contributed by atoms with E-state index in [1.807, 2.05) is 0 Å². The number of amides is 2. The molecular weight excluding hydrogens is 308 g/mol. The second kappa shape index (κ2) is 8.87. The van der Waals surface area contributed by atoms with Crippen LogP contribution < -0.4 is 5.32 Å². The molecule has 5 heteroatoms. The standard InChI is InChI=1S/C18H26N2O2S/c1-3-12-20(13-16-9-8-14(2)23-16)18(22)11-10-17(21)19-15-6-4-5-7-15/h3,8-9,15H,1,4-7,10-13H2,2H3,(H,19,21). The summed E-state index contributed by atoms with van der Waals surface area (Å²) in [5, 5.41) is 3.03. The molecule has 2 rings (SSSR count). The van der Waals surface area contributed by atoms with Crippen LogP contribution in [0.25, 0.3) is 0 Å². The Labute approximate surface area is 142 Å². The molecule has 1 N–H and O–H groups in total.